The number of hydrogen-bond donors (Lipinski definition) is 2. The van der Waals surface area contributed by atoms with E-state index in [9.17, 15) is 0 Å². The summed E-state index contributed by atoms with van der Waals surface area (Å²) in [4.78, 5) is 4.30. The summed E-state index contributed by atoms with van der Waals surface area (Å²) in [5, 5.41) is 11.2. The van der Waals surface area contributed by atoms with Gasteiger partial charge in [-0.25, -0.2) is 0 Å². The van der Waals surface area contributed by atoms with Gasteiger partial charge in [0.05, 0.1) is 12.3 Å². The molecule has 7 heteroatoms. The van der Waals surface area contributed by atoms with Crippen LogP contribution in [-0.2, 0) is 20.1 Å². The van der Waals surface area contributed by atoms with Crippen LogP contribution in [0.4, 0.5) is 0 Å². The fourth-order valence-corrected chi connectivity index (χ4v) is 2.66. The van der Waals surface area contributed by atoms with Gasteiger partial charge >= 0.3 is 0 Å². The second-order valence-electron chi connectivity index (χ2n) is 6.90. The summed E-state index contributed by atoms with van der Waals surface area (Å²) in [5.74, 6) is 2.18. The largest absolute Gasteiger partial charge is 0.493 e. The zero-order chi connectivity index (χ0) is 19.1. The number of aromatic nitrogens is 2. The van der Waals surface area contributed by atoms with Gasteiger partial charge in [0.15, 0.2) is 5.96 Å². The molecule has 1 aromatic heterocycles. The first-order valence-electron chi connectivity index (χ1n) is 9.06. The second-order valence-corrected chi connectivity index (χ2v) is 6.90. The average molecular weight is 485 g/mol. The molecule has 1 aromatic carbocycles. The van der Waals surface area contributed by atoms with E-state index in [1.807, 2.05) is 30.8 Å². The Kier molecular flexibility index (Phi) is 9.62. The highest BCUT2D eigenvalue weighted by Gasteiger charge is 2.09. The summed E-state index contributed by atoms with van der Waals surface area (Å²) < 4.78 is 7.70. The number of guanidine groups is 1. The summed E-state index contributed by atoms with van der Waals surface area (Å²) in [6.07, 6.45) is 0. The maximum absolute atomic E-state index is 5.79. The molecule has 2 rings (SSSR count). The third kappa shape index (κ3) is 7.04. The number of aliphatic imine (C=N–C) groups is 1. The molecule has 6 nitrogen and oxygen atoms in total. The number of benzene rings is 1. The molecule has 0 saturated carbocycles. The molecule has 0 aliphatic heterocycles. The topological polar surface area (TPSA) is 63.5 Å². The number of nitrogens with one attached hydrogen (secondary N) is 2. The van der Waals surface area contributed by atoms with E-state index < -0.39 is 0 Å². The molecular weight excluding hydrogens is 453 g/mol. The Morgan fingerprint density at radius 3 is 2.52 bits per heavy atom. The zero-order valence-electron chi connectivity index (χ0n) is 17.2. The minimum Gasteiger partial charge on any atom is -0.493 e. The molecule has 0 atom stereocenters. The second kappa shape index (κ2) is 11.2. The quantitative estimate of drug-likeness (QED) is 0.358. The molecule has 2 aromatic rings. The normalized spacial score (nSPS) is 11.3. The summed E-state index contributed by atoms with van der Waals surface area (Å²) in [6.45, 7) is 10.5. The third-order valence-corrected chi connectivity index (χ3v) is 4.26. The minimum atomic E-state index is 0. The highest BCUT2D eigenvalue weighted by atomic mass is 127. The summed E-state index contributed by atoms with van der Waals surface area (Å²) >= 11 is 0. The number of rotatable bonds is 7. The van der Waals surface area contributed by atoms with Crippen molar-refractivity contribution >= 4 is 29.9 Å². The van der Waals surface area contributed by atoms with Gasteiger partial charge in [0, 0.05) is 38.4 Å². The van der Waals surface area contributed by atoms with Crippen LogP contribution in [0.15, 0.2) is 29.3 Å². The van der Waals surface area contributed by atoms with Crippen LogP contribution in [0.2, 0.25) is 0 Å². The van der Waals surface area contributed by atoms with Crippen LogP contribution in [0.1, 0.15) is 36.4 Å². The van der Waals surface area contributed by atoms with Gasteiger partial charge in [-0.1, -0.05) is 26.0 Å². The number of hydrogen-bond acceptors (Lipinski definition) is 3. The molecule has 2 N–H and O–H groups in total. The van der Waals surface area contributed by atoms with Gasteiger partial charge < -0.3 is 15.4 Å². The molecule has 27 heavy (non-hydrogen) atoms. The van der Waals surface area contributed by atoms with E-state index in [1.54, 1.807) is 7.05 Å². The van der Waals surface area contributed by atoms with Crippen molar-refractivity contribution in [2.24, 2.45) is 18.0 Å². The minimum absolute atomic E-state index is 0. The van der Waals surface area contributed by atoms with E-state index in [0.29, 0.717) is 19.0 Å². The monoisotopic (exact) mass is 485 g/mol. The predicted molar refractivity (Wildman–Crippen MR) is 122 cm³/mol. The Balaban J connectivity index is 0.00000364. The zero-order valence-corrected chi connectivity index (χ0v) is 19.5. The Bertz CT molecular complexity index is 755. The Morgan fingerprint density at radius 2 is 1.93 bits per heavy atom. The lowest BCUT2D eigenvalue weighted by Crippen LogP contribution is -2.36. The summed E-state index contributed by atoms with van der Waals surface area (Å²) in [5.41, 5.74) is 4.57. The highest BCUT2D eigenvalue weighted by Crippen LogP contribution is 2.14. The van der Waals surface area contributed by atoms with Crippen LogP contribution in [0.25, 0.3) is 0 Å². The van der Waals surface area contributed by atoms with Crippen molar-refractivity contribution in [1.82, 2.24) is 20.4 Å². The fraction of sp³-hybridized carbons (Fsp3) is 0.500. The molecule has 0 radical (unpaired) electrons. The molecule has 0 bridgehead atoms. The van der Waals surface area contributed by atoms with E-state index in [-0.39, 0.29) is 24.0 Å². The Hall–Kier alpha value is -1.77. The van der Waals surface area contributed by atoms with Crippen molar-refractivity contribution in [3.63, 3.8) is 0 Å². The molecule has 0 saturated heterocycles. The highest BCUT2D eigenvalue weighted by molar-refractivity contribution is 14.0. The smallest absolute Gasteiger partial charge is 0.191 e. The first kappa shape index (κ1) is 23.3. The van der Waals surface area contributed by atoms with Gasteiger partial charge in [0.25, 0.3) is 0 Å². The van der Waals surface area contributed by atoms with Gasteiger partial charge in [-0.2, -0.15) is 5.10 Å². The van der Waals surface area contributed by atoms with E-state index >= 15 is 0 Å². The van der Waals surface area contributed by atoms with E-state index in [0.717, 1.165) is 29.6 Å². The molecule has 0 aliphatic rings. The van der Waals surface area contributed by atoms with Gasteiger partial charge in [0.2, 0.25) is 0 Å². The van der Waals surface area contributed by atoms with Crippen molar-refractivity contribution in [3.8, 4) is 5.75 Å². The van der Waals surface area contributed by atoms with E-state index in [4.69, 9.17) is 4.74 Å². The van der Waals surface area contributed by atoms with E-state index in [2.05, 4.69) is 53.6 Å². The van der Waals surface area contributed by atoms with Crippen LogP contribution < -0.4 is 15.4 Å². The van der Waals surface area contributed by atoms with E-state index in [1.165, 1.54) is 11.3 Å². The molecule has 0 aliphatic carbocycles. The number of aryl methyl sites for hydroxylation is 2. The lowest BCUT2D eigenvalue weighted by atomic mass is 10.2. The standard InChI is InChI=1S/C20H31N5O.HI/c1-14(2)13-26-18-9-7-8-17(10-18)11-22-20(21-5)23-12-19-15(3)24-25(6)16(19)4;/h7-10,14H,11-13H2,1-6H3,(H2,21,22,23);1H. The van der Waals surface area contributed by atoms with Crippen molar-refractivity contribution in [1.29, 1.82) is 0 Å². The lowest BCUT2D eigenvalue weighted by Gasteiger charge is -2.13. The molecule has 0 fully saturated rings. The molecule has 0 amide bonds. The molecule has 150 valence electrons. The molecular formula is C20H32IN5O. The van der Waals surface area contributed by atoms with Crippen molar-refractivity contribution in [3.05, 3.63) is 46.8 Å². The van der Waals surface area contributed by atoms with Gasteiger partial charge in [-0.05, 0) is 37.5 Å². The van der Waals surface area contributed by atoms with Crippen molar-refractivity contribution in [2.75, 3.05) is 13.7 Å². The molecule has 1 heterocycles. The van der Waals surface area contributed by atoms with Crippen LogP contribution in [0.3, 0.4) is 0 Å². The van der Waals surface area contributed by atoms with Crippen LogP contribution in [-0.4, -0.2) is 29.4 Å². The van der Waals surface area contributed by atoms with Crippen molar-refractivity contribution < 1.29 is 4.74 Å². The third-order valence-electron chi connectivity index (χ3n) is 4.26. The van der Waals surface area contributed by atoms with Crippen LogP contribution >= 0.6 is 24.0 Å². The van der Waals surface area contributed by atoms with Crippen LogP contribution in [0.5, 0.6) is 5.75 Å². The number of ether oxygens (including phenoxy) is 1. The van der Waals surface area contributed by atoms with Gasteiger partial charge in [0.1, 0.15) is 5.75 Å². The first-order chi connectivity index (χ1) is 12.4. The number of nitrogens with zero attached hydrogens (tertiary/aromatic N) is 3. The number of halogens is 1. The summed E-state index contributed by atoms with van der Waals surface area (Å²) in [6, 6.07) is 8.16. The Morgan fingerprint density at radius 1 is 1.22 bits per heavy atom. The predicted octanol–water partition coefficient (Wildman–Crippen LogP) is 3.55. The maximum atomic E-state index is 5.79. The van der Waals surface area contributed by atoms with Gasteiger partial charge in [-0.15, -0.1) is 24.0 Å². The lowest BCUT2D eigenvalue weighted by molar-refractivity contribution is 0.271. The molecule has 0 unspecified atom stereocenters. The SMILES string of the molecule is CN=C(NCc1cccc(OCC(C)C)c1)NCc1c(C)nn(C)c1C.I. The Labute approximate surface area is 179 Å². The van der Waals surface area contributed by atoms with Gasteiger partial charge in [-0.3, -0.25) is 9.67 Å². The average Bonchev–Trinajstić information content (AvgIpc) is 2.86. The maximum Gasteiger partial charge on any atom is 0.191 e. The summed E-state index contributed by atoms with van der Waals surface area (Å²) in [7, 11) is 3.74. The first-order valence-corrected chi connectivity index (χ1v) is 9.06. The molecule has 0 spiro atoms. The fourth-order valence-electron chi connectivity index (χ4n) is 2.66. The van der Waals surface area contributed by atoms with Crippen LogP contribution in [0, 0.1) is 19.8 Å². The van der Waals surface area contributed by atoms with Crippen molar-refractivity contribution in [2.45, 2.75) is 40.8 Å².